The lowest BCUT2D eigenvalue weighted by molar-refractivity contribution is -0.109. The highest BCUT2D eigenvalue weighted by atomic mass is 16.1. The summed E-state index contributed by atoms with van der Waals surface area (Å²) in [6.07, 6.45) is 6.85. The number of rotatable bonds is 2. The topological polar surface area (TPSA) is 29.1 Å². The third kappa shape index (κ3) is 2.72. The Bertz CT molecular complexity index is 256. The SMILES string of the molecule is CC(C)(C)C1=CC=C(NC=O)CC1. The lowest BCUT2D eigenvalue weighted by atomic mass is 9.81. The first-order chi connectivity index (χ1) is 6.04. The van der Waals surface area contributed by atoms with Crippen LogP contribution in [0.3, 0.4) is 0 Å². The van der Waals surface area contributed by atoms with Crippen molar-refractivity contribution in [2.75, 3.05) is 0 Å². The van der Waals surface area contributed by atoms with E-state index >= 15 is 0 Å². The number of hydrogen-bond acceptors (Lipinski definition) is 1. The highest BCUT2D eigenvalue weighted by Crippen LogP contribution is 2.32. The molecule has 0 saturated heterocycles. The fourth-order valence-corrected chi connectivity index (χ4v) is 1.46. The van der Waals surface area contributed by atoms with Crippen LogP contribution in [0.4, 0.5) is 0 Å². The standard InChI is InChI=1S/C11H17NO/c1-11(2,3)9-4-6-10(7-5-9)12-8-13/h4,6,8H,5,7H2,1-3H3,(H,12,13). The molecule has 0 heterocycles. The molecule has 1 aliphatic carbocycles. The molecule has 1 N–H and O–H groups in total. The predicted molar refractivity (Wildman–Crippen MR) is 54.1 cm³/mol. The summed E-state index contributed by atoms with van der Waals surface area (Å²) in [6, 6.07) is 0. The van der Waals surface area contributed by atoms with Gasteiger partial charge in [0.25, 0.3) is 0 Å². The van der Waals surface area contributed by atoms with Crippen LogP contribution >= 0.6 is 0 Å². The summed E-state index contributed by atoms with van der Waals surface area (Å²) in [5.41, 5.74) is 2.72. The van der Waals surface area contributed by atoms with Gasteiger partial charge in [0.2, 0.25) is 6.41 Å². The van der Waals surface area contributed by atoms with Crippen molar-refractivity contribution in [1.29, 1.82) is 0 Å². The number of carbonyl (C=O) groups is 1. The molecule has 0 aliphatic heterocycles. The number of nitrogens with one attached hydrogen (secondary N) is 1. The van der Waals surface area contributed by atoms with Crippen LogP contribution < -0.4 is 5.32 Å². The van der Waals surface area contributed by atoms with E-state index in [-0.39, 0.29) is 5.41 Å². The maximum Gasteiger partial charge on any atom is 0.211 e. The maximum atomic E-state index is 10.2. The van der Waals surface area contributed by atoms with Gasteiger partial charge in [-0.1, -0.05) is 32.4 Å². The van der Waals surface area contributed by atoms with Gasteiger partial charge in [0, 0.05) is 5.70 Å². The minimum absolute atomic E-state index is 0.253. The second kappa shape index (κ2) is 3.77. The molecule has 1 aliphatic rings. The van der Waals surface area contributed by atoms with Gasteiger partial charge in [-0.25, -0.2) is 0 Å². The third-order valence-corrected chi connectivity index (χ3v) is 2.36. The van der Waals surface area contributed by atoms with E-state index in [9.17, 15) is 4.79 Å². The second-order valence-electron chi connectivity index (χ2n) is 4.40. The predicted octanol–water partition coefficient (Wildman–Crippen LogP) is 2.38. The van der Waals surface area contributed by atoms with E-state index in [2.05, 4.69) is 32.2 Å². The van der Waals surface area contributed by atoms with Crippen LogP contribution in [0.1, 0.15) is 33.6 Å². The first-order valence-corrected chi connectivity index (χ1v) is 4.64. The van der Waals surface area contributed by atoms with E-state index in [1.54, 1.807) is 0 Å². The van der Waals surface area contributed by atoms with Crippen LogP contribution in [-0.4, -0.2) is 6.41 Å². The molecule has 1 amide bonds. The Labute approximate surface area is 79.7 Å². The molecule has 0 fully saturated rings. The van der Waals surface area contributed by atoms with Gasteiger partial charge in [0.05, 0.1) is 0 Å². The molecule has 13 heavy (non-hydrogen) atoms. The van der Waals surface area contributed by atoms with Gasteiger partial charge in [-0.05, 0) is 24.3 Å². The first kappa shape index (κ1) is 10.0. The normalized spacial score (nSPS) is 17.5. The molecule has 0 saturated carbocycles. The van der Waals surface area contributed by atoms with Crippen LogP contribution in [0.15, 0.2) is 23.4 Å². The minimum Gasteiger partial charge on any atom is -0.332 e. The smallest absolute Gasteiger partial charge is 0.211 e. The molecule has 0 atom stereocenters. The Kier molecular flexibility index (Phi) is 2.91. The van der Waals surface area contributed by atoms with Crippen LogP contribution in [0.25, 0.3) is 0 Å². The molecule has 1 rings (SSSR count). The Balaban J connectivity index is 2.70. The molecule has 0 unspecified atom stereocenters. The van der Waals surface area contributed by atoms with E-state index in [1.165, 1.54) is 5.57 Å². The summed E-state index contributed by atoms with van der Waals surface area (Å²) in [5.74, 6) is 0. The number of hydrogen-bond donors (Lipinski definition) is 1. The van der Waals surface area contributed by atoms with Crippen molar-refractivity contribution in [2.45, 2.75) is 33.6 Å². The summed E-state index contributed by atoms with van der Waals surface area (Å²) in [5, 5.41) is 2.69. The van der Waals surface area contributed by atoms with Gasteiger partial charge in [0.15, 0.2) is 0 Å². The van der Waals surface area contributed by atoms with E-state index in [0.717, 1.165) is 24.9 Å². The number of allylic oxidation sites excluding steroid dienone is 4. The van der Waals surface area contributed by atoms with Crippen molar-refractivity contribution < 1.29 is 4.79 Å². The molecule has 0 bridgehead atoms. The van der Waals surface area contributed by atoms with Crippen LogP contribution in [0.5, 0.6) is 0 Å². The van der Waals surface area contributed by atoms with Gasteiger partial charge in [-0.2, -0.15) is 0 Å². The summed E-state index contributed by atoms with van der Waals surface area (Å²) < 4.78 is 0. The summed E-state index contributed by atoms with van der Waals surface area (Å²) in [4.78, 5) is 10.2. The minimum atomic E-state index is 0.253. The van der Waals surface area contributed by atoms with E-state index < -0.39 is 0 Å². The van der Waals surface area contributed by atoms with Gasteiger partial charge in [-0.3, -0.25) is 4.79 Å². The van der Waals surface area contributed by atoms with Crippen molar-refractivity contribution in [3.05, 3.63) is 23.4 Å². The zero-order valence-corrected chi connectivity index (χ0v) is 8.55. The lowest BCUT2D eigenvalue weighted by Gasteiger charge is -2.25. The summed E-state index contributed by atoms with van der Waals surface area (Å²) >= 11 is 0. The van der Waals surface area contributed by atoms with Gasteiger partial charge < -0.3 is 5.32 Å². The lowest BCUT2D eigenvalue weighted by Crippen LogP contribution is -2.16. The molecule has 2 nitrogen and oxygen atoms in total. The number of amides is 1. The average molecular weight is 179 g/mol. The largest absolute Gasteiger partial charge is 0.332 e. The molecule has 0 aromatic carbocycles. The van der Waals surface area contributed by atoms with Crippen LogP contribution in [-0.2, 0) is 4.79 Å². The summed E-state index contributed by atoms with van der Waals surface area (Å²) in [6.45, 7) is 6.64. The third-order valence-electron chi connectivity index (χ3n) is 2.36. The molecule has 0 spiro atoms. The Hall–Kier alpha value is -1.05. The van der Waals surface area contributed by atoms with Crippen LogP contribution in [0.2, 0.25) is 0 Å². The van der Waals surface area contributed by atoms with Crippen molar-refractivity contribution in [3.8, 4) is 0 Å². The van der Waals surface area contributed by atoms with Crippen molar-refractivity contribution in [1.82, 2.24) is 5.32 Å². The molecular weight excluding hydrogens is 162 g/mol. The monoisotopic (exact) mass is 179 g/mol. The Morgan fingerprint density at radius 1 is 1.31 bits per heavy atom. The summed E-state index contributed by atoms with van der Waals surface area (Å²) in [7, 11) is 0. The molecule has 0 aromatic rings. The van der Waals surface area contributed by atoms with Gasteiger partial charge in [0.1, 0.15) is 0 Å². The molecular formula is C11H17NO. The molecule has 2 heteroatoms. The first-order valence-electron chi connectivity index (χ1n) is 4.64. The van der Waals surface area contributed by atoms with Crippen molar-refractivity contribution in [2.24, 2.45) is 5.41 Å². The fourth-order valence-electron chi connectivity index (χ4n) is 1.46. The zero-order chi connectivity index (χ0) is 9.90. The molecule has 0 aromatic heterocycles. The maximum absolute atomic E-state index is 10.2. The molecule has 0 radical (unpaired) electrons. The average Bonchev–Trinajstić information content (AvgIpc) is 2.04. The van der Waals surface area contributed by atoms with Gasteiger partial charge >= 0.3 is 0 Å². The highest BCUT2D eigenvalue weighted by molar-refractivity contribution is 5.51. The molecule has 72 valence electrons. The second-order valence-corrected chi connectivity index (χ2v) is 4.40. The van der Waals surface area contributed by atoms with E-state index in [1.807, 2.05) is 6.08 Å². The van der Waals surface area contributed by atoms with Crippen LogP contribution in [0, 0.1) is 5.41 Å². The quantitative estimate of drug-likeness (QED) is 0.648. The zero-order valence-electron chi connectivity index (χ0n) is 8.55. The van der Waals surface area contributed by atoms with E-state index in [0.29, 0.717) is 0 Å². The van der Waals surface area contributed by atoms with E-state index in [4.69, 9.17) is 0 Å². The highest BCUT2D eigenvalue weighted by Gasteiger charge is 2.18. The Morgan fingerprint density at radius 3 is 2.38 bits per heavy atom. The fraction of sp³-hybridized carbons (Fsp3) is 0.545. The van der Waals surface area contributed by atoms with Crippen molar-refractivity contribution >= 4 is 6.41 Å². The number of carbonyl (C=O) groups excluding carboxylic acids is 1. The van der Waals surface area contributed by atoms with Crippen molar-refractivity contribution in [3.63, 3.8) is 0 Å². The Morgan fingerprint density at radius 2 is 2.00 bits per heavy atom. The van der Waals surface area contributed by atoms with Gasteiger partial charge in [-0.15, -0.1) is 0 Å².